The summed E-state index contributed by atoms with van der Waals surface area (Å²) in [4.78, 5) is 77.5. The number of benzene rings is 1. The molecule has 1 aliphatic heterocycles. The van der Waals surface area contributed by atoms with Gasteiger partial charge in [0.2, 0.25) is 31.0 Å². The smallest absolute Gasteiger partial charge is 0.410 e. The molecule has 5 amide bonds. The number of ether oxygens (including phenoxy) is 1. The summed E-state index contributed by atoms with van der Waals surface area (Å²) in [5, 5.41) is 10.6. The van der Waals surface area contributed by atoms with E-state index in [1.54, 1.807) is 0 Å². The predicted molar refractivity (Wildman–Crippen MR) is 184 cm³/mol. The van der Waals surface area contributed by atoms with Crippen LogP contribution < -0.4 is 21.3 Å². The van der Waals surface area contributed by atoms with Crippen LogP contribution in [0.25, 0.3) is 0 Å². The lowest BCUT2D eigenvalue weighted by molar-refractivity contribution is -0.131. The van der Waals surface area contributed by atoms with Crippen LogP contribution in [0.1, 0.15) is 79.2 Å². The molecule has 270 valence electrons. The first-order valence-electron chi connectivity index (χ1n) is 16.9. The lowest BCUT2D eigenvalue weighted by Crippen LogP contribution is -2.53. The van der Waals surface area contributed by atoms with Crippen molar-refractivity contribution in [3.8, 4) is 0 Å². The molecule has 1 aromatic rings. The number of hydrogen-bond donors (Lipinski definition) is 5. The van der Waals surface area contributed by atoms with Gasteiger partial charge in [-0.05, 0) is 55.4 Å². The second-order valence-corrected chi connectivity index (χ2v) is 16.3. The number of hydrogen-bond acceptors (Lipinski definition) is 7. The zero-order valence-electron chi connectivity index (χ0n) is 29.5. The summed E-state index contributed by atoms with van der Waals surface area (Å²) in [5.41, 5.74) is 0.816. The highest BCUT2D eigenvalue weighted by molar-refractivity contribution is 7.58. The number of amides is 5. The molecule has 48 heavy (non-hydrogen) atoms. The molecule has 1 aliphatic rings. The summed E-state index contributed by atoms with van der Waals surface area (Å²) in [6.07, 6.45) is 0.382. The van der Waals surface area contributed by atoms with Crippen LogP contribution in [0.3, 0.4) is 0 Å². The quantitative estimate of drug-likeness (QED) is 0.145. The first-order chi connectivity index (χ1) is 22.5. The van der Waals surface area contributed by atoms with Gasteiger partial charge in [0, 0.05) is 25.7 Å². The van der Waals surface area contributed by atoms with Crippen molar-refractivity contribution in [1.29, 1.82) is 0 Å². The van der Waals surface area contributed by atoms with E-state index in [1.165, 1.54) is 11.9 Å². The van der Waals surface area contributed by atoms with Crippen molar-refractivity contribution in [1.82, 2.24) is 26.2 Å². The minimum Gasteiger partial charge on any atom is -0.445 e. The van der Waals surface area contributed by atoms with E-state index in [-0.39, 0.29) is 42.9 Å². The fourth-order valence-electron chi connectivity index (χ4n) is 5.76. The summed E-state index contributed by atoms with van der Waals surface area (Å²) in [6.45, 7) is 11.8. The molecule has 0 saturated carbocycles. The third kappa shape index (κ3) is 14.0. The van der Waals surface area contributed by atoms with Crippen LogP contribution in [0, 0.1) is 23.7 Å². The largest absolute Gasteiger partial charge is 0.445 e. The maximum absolute atomic E-state index is 13.4. The average molecular weight is 694 g/mol. The second-order valence-electron chi connectivity index (χ2n) is 13.9. The lowest BCUT2D eigenvalue weighted by Gasteiger charge is -2.27. The lowest BCUT2D eigenvalue weighted by atomic mass is 9.96. The highest BCUT2D eigenvalue weighted by Gasteiger charge is 2.38. The Bertz CT molecular complexity index is 1280. The van der Waals surface area contributed by atoms with Crippen molar-refractivity contribution in [3.63, 3.8) is 0 Å². The molecule has 5 N–H and O–H groups in total. The van der Waals surface area contributed by atoms with Gasteiger partial charge >= 0.3 is 6.09 Å². The molecule has 13 nitrogen and oxygen atoms in total. The molecule has 0 radical (unpaired) electrons. The van der Waals surface area contributed by atoms with Gasteiger partial charge in [0.25, 0.3) is 0 Å². The Hall–Kier alpha value is -3.44. The number of carbonyl (C=O) groups excluding carboxylic acids is 5. The van der Waals surface area contributed by atoms with Gasteiger partial charge < -0.3 is 30.9 Å². The molecule has 1 aromatic carbocycles. The molecule has 2 rings (SSSR count). The van der Waals surface area contributed by atoms with E-state index in [2.05, 4.69) is 21.3 Å². The van der Waals surface area contributed by atoms with Crippen LogP contribution in [-0.4, -0.2) is 83.7 Å². The molecule has 1 saturated heterocycles. The molecule has 1 unspecified atom stereocenters. The van der Waals surface area contributed by atoms with E-state index in [0.717, 1.165) is 5.56 Å². The average Bonchev–Trinajstić information content (AvgIpc) is 3.51. The molecule has 0 bridgehead atoms. The monoisotopic (exact) mass is 693 g/mol. The van der Waals surface area contributed by atoms with Crippen molar-refractivity contribution in [2.45, 2.75) is 98.4 Å². The second kappa shape index (κ2) is 19.5. The standard InChI is InChI=1S/C34H56N5O8P/c1-22(2)16-26(30(40)37-27(17-23(3)4)31(41)35-7)20-48(45,46)21-36-32(42)28(18-24(5)6)38-33(43)29-14-11-15-39(29)34(44)47-19-25-12-9-8-10-13-25/h8-10,12-13,22-24,26-29H,11,14-21H2,1-7H3,(H,35,41)(H,36,42)(H,37,40)(H,38,43)(H,45,46)/t26-,27+,28+,29-/m1/s1. The Morgan fingerprint density at radius 3 is 2.02 bits per heavy atom. The Morgan fingerprint density at radius 2 is 1.46 bits per heavy atom. The Morgan fingerprint density at radius 1 is 0.875 bits per heavy atom. The Kier molecular flexibility index (Phi) is 16.6. The maximum atomic E-state index is 13.4. The maximum Gasteiger partial charge on any atom is 0.410 e. The minimum atomic E-state index is -4.07. The molecule has 1 heterocycles. The van der Waals surface area contributed by atoms with Crippen molar-refractivity contribution < 1.29 is 38.2 Å². The van der Waals surface area contributed by atoms with Crippen LogP contribution in [0.5, 0.6) is 0 Å². The summed E-state index contributed by atoms with van der Waals surface area (Å²) < 4.78 is 18.8. The van der Waals surface area contributed by atoms with Gasteiger partial charge in [0.1, 0.15) is 24.7 Å². The predicted octanol–water partition coefficient (Wildman–Crippen LogP) is 3.60. The molecule has 0 aliphatic carbocycles. The third-order valence-electron chi connectivity index (χ3n) is 8.05. The summed E-state index contributed by atoms with van der Waals surface area (Å²) >= 11 is 0. The topological polar surface area (TPSA) is 183 Å². The highest BCUT2D eigenvalue weighted by atomic mass is 31.2. The molecule has 0 spiro atoms. The van der Waals surface area contributed by atoms with Gasteiger partial charge in [-0.25, -0.2) is 4.79 Å². The number of nitrogens with one attached hydrogen (secondary N) is 4. The Balaban J connectivity index is 2.06. The van der Waals surface area contributed by atoms with E-state index in [1.807, 2.05) is 71.9 Å². The highest BCUT2D eigenvalue weighted by Crippen LogP contribution is 2.42. The van der Waals surface area contributed by atoms with Crippen LogP contribution in [0.15, 0.2) is 30.3 Å². The molecule has 14 heteroatoms. The number of likely N-dealkylation sites (N-methyl/N-ethyl adjacent to an activating group) is 1. The number of likely N-dealkylation sites (tertiary alicyclic amines) is 1. The van der Waals surface area contributed by atoms with Gasteiger partial charge in [0.05, 0.1) is 6.29 Å². The fraction of sp³-hybridized carbons (Fsp3) is 0.676. The summed E-state index contributed by atoms with van der Waals surface area (Å²) in [7, 11) is -2.59. The van der Waals surface area contributed by atoms with Gasteiger partial charge in [-0.2, -0.15) is 0 Å². The zero-order chi connectivity index (χ0) is 36.0. The zero-order valence-corrected chi connectivity index (χ0v) is 30.4. The molecule has 1 fully saturated rings. The number of rotatable bonds is 18. The normalized spacial score (nSPS) is 17.7. The van der Waals surface area contributed by atoms with E-state index >= 15 is 0 Å². The van der Waals surface area contributed by atoms with Crippen LogP contribution in [-0.2, 0) is 35.1 Å². The van der Waals surface area contributed by atoms with Crippen molar-refractivity contribution in [2.75, 3.05) is 26.0 Å². The SMILES string of the molecule is CNC(=O)[C@H](CC(C)C)NC(=O)[C@H](CC(C)C)CP(=O)(O)CNC(=O)[C@H](CC(C)C)NC(=O)[C@H]1CCCN1C(=O)OCc1ccccc1. The third-order valence-corrected chi connectivity index (χ3v) is 9.72. The van der Waals surface area contributed by atoms with Crippen LogP contribution in [0.4, 0.5) is 4.79 Å². The van der Waals surface area contributed by atoms with Crippen molar-refractivity contribution in [3.05, 3.63) is 35.9 Å². The Labute approximate surface area is 285 Å². The number of carbonyl (C=O) groups is 5. The van der Waals surface area contributed by atoms with Gasteiger partial charge in [-0.15, -0.1) is 0 Å². The van der Waals surface area contributed by atoms with Gasteiger partial charge in [-0.3, -0.25) is 28.6 Å². The van der Waals surface area contributed by atoms with Gasteiger partial charge in [0.15, 0.2) is 0 Å². The van der Waals surface area contributed by atoms with E-state index in [0.29, 0.717) is 32.2 Å². The van der Waals surface area contributed by atoms with Crippen molar-refractivity contribution >= 4 is 37.1 Å². The summed E-state index contributed by atoms with van der Waals surface area (Å²) in [6, 6.07) is 6.59. The van der Waals surface area contributed by atoms with Crippen LogP contribution >= 0.6 is 7.37 Å². The molecule has 5 atom stereocenters. The van der Waals surface area contributed by atoms with Crippen molar-refractivity contribution in [2.24, 2.45) is 23.7 Å². The minimum absolute atomic E-state index is 0.00396. The van der Waals surface area contributed by atoms with E-state index < -0.39 is 61.5 Å². The fourth-order valence-corrected chi connectivity index (χ4v) is 7.30. The van der Waals surface area contributed by atoms with E-state index in [9.17, 15) is 33.4 Å². The summed E-state index contributed by atoms with van der Waals surface area (Å²) in [5.74, 6) is -2.69. The molecular weight excluding hydrogens is 637 g/mol. The van der Waals surface area contributed by atoms with Crippen LogP contribution in [0.2, 0.25) is 0 Å². The molecule has 0 aromatic heterocycles. The number of nitrogens with zero attached hydrogens (tertiary/aromatic N) is 1. The molecular formula is C34H56N5O8P. The first-order valence-corrected chi connectivity index (χ1v) is 18.9. The first kappa shape index (κ1) is 40.7. The van der Waals surface area contributed by atoms with E-state index in [4.69, 9.17) is 4.74 Å². The van der Waals surface area contributed by atoms with Gasteiger partial charge in [-0.1, -0.05) is 71.9 Å².